The Hall–Kier alpha value is -6.59. The molecule has 0 spiro atoms. The summed E-state index contributed by atoms with van der Waals surface area (Å²) in [7, 11) is 0. The minimum Gasteiger partial charge on any atom is -0.331 e. The van der Waals surface area contributed by atoms with E-state index in [-0.39, 0.29) is 5.54 Å². The largest absolute Gasteiger partial charge is 0.331 e. The number of benzene rings is 6. The van der Waals surface area contributed by atoms with Gasteiger partial charge in [-0.1, -0.05) is 127 Å². The molecule has 1 aliphatic heterocycles. The summed E-state index contributed by atoms with van der Waals surface area (Å²) < 4.78 is 2.19. The molecule has 0 N–H and O–H groups in total. The normalized spacial score (nSPS) is 16.5. The quantitative estimate of drug-likeness (QED) is 0.185. The van der Waals surface area contributed by atoms with Crippen LogP contribution in [0.2, 0.25) is 0 Å². The lowest BCUT2D eigenvalue weighted by Crippen LogP contribution is -2.40. The third-order valence-corrected chi connectivity index (χ3v) is 10.4. The average molecular weight is 656 g/mol. The summed E-state index contributed by atoms with van der Waals surface area (Å²) in [5, 5.41) is 2.32. The van der Waals surface area contributed by atoms with Gasteiger partial charge in [-0.15, -0.1) is 0 Å². The van der Waals surface area contributed by atoms with Crippen molar-refractivity contribution in [1.29, 1.82) is 0 Å². The van der Waals surface area contributed by atoms with Crippen molar-refractivity contribution in [2.24, 2.45) is 0 Å². The molecule has 0 saturated heterocycles. The maximum absolute atomic E-state index is 5.10. The van der Waals surface area contributed by atoms with Crippen LogP contribution in [0.5, 0.6) is 0 Å². The Labute approximate surface area is 296 Å². The van der Waals surface area contributed by atoms with Gasteiger partial charge in [-0.25, -0.2) is 4.98 Å². The molecule has 0 amide bonds. The highest BCUT2D eigenvalue weighted by Gasteiger charge is 2.45. The summed E-state index contributed by atoms with van der Waals surface area (Å²) in [6.07, 6.45) is 5.72. The number of fused-ring (bicyclic) bond motifs is 6. The third kappa shape index (κ3) is 4.66. The molecule has 2 aliphatic rings. The molecule has 0 fully saturated rings. The molecule has 1 aliphatic carbocycles. The van der Waals surface area contributed by atoms with Gasteiger partial charge >= 0.3 is 0 Å². The Morgan fingerprint density at radius 2 is 1.16 bits per heavy atom. The molecule has 51 heavy (non-hydrogen) atoms. The Balaban J connectivity index is 1.13. The lowest BCUT2D eigenvalue weighted by molar-refractivity contribution is 0.608. The summed E-state index contributed by atoms with van der Waals surface area (Å²) in [4.78, 5) is 17.6. The van der Waals surface area contributed by atoms with Crippen LogP contribution < -0.4 is 4.90 Å². The molecule has 6 aromatic carbocycles. The molecule has 0 saturated carbocycles. The van der Waals surface area contributed by atoms with E-state index in [1.807, 2.05) is 60.7 Å². The number of aromatic nitrogens is 4. The van der Waals surface area contributed by atoms with Gasteiger partial charge in [-0.05, 0) is 72.5 Å². The van der Waals surface area contributed by atoms with Crippen LogP contribution in [0.25, 0.3) is 61.7 Å². The first-order chi connectivity index (χ1) is 25.2. The molecular formula is C46H33N5. The second-order valence-corrected chi connectivity index (χ2v) is 13.5. The standard InChI is InChI=1S/C46H33N5/c1-46-28-27-34(30-39(46)37-22-12-14-24-42(37)51(46)35-19-9-4-10-20-35)33-25-26-41-38(29-33)36-21-11-13-23-40(36)50(41)45-48-43(31-15-5-2-6-16-31)47-44(49-45)32-17-7-3-8-18-32/h2-27,29-30H,28H2,1H3. The van der Waals surface area contributed by atoms with Crippen LogP contribution in [0.3, 0.4) is 0 Å². The predicted molar refractivity (Wildman–Crippen MR) is 209 cm³/mol. The molecule has 2 aromatic heterocycles. The average Bonchev–Trinajstić information content (AvgIpc) is 3.67. The monoisotopic (exact) mass is 655 g/mol. The minimum absolute atomic E-state index is 0.180. The fourth-order valence-corrected chi connectivity index (χ4v) is 8.00. The van der Waals surface area contributed by atoms with Gasteiger partial charge in [-0.3, -0.25) is 4.57 Å². The maximum atomic E-state index is 5.10. The van der Waals surface area contributed by atoms with Crippen molar-refractivity contribution in [2.45, 2.75) is 18.9 Å². The van der Waals surface area contributed by atoms with Crippen molar-refractivity contribution >= 4 is 44.3 Å². The van der Waals surface area contributed by atoms with Gasteiger partial charge in [0, 0.05) is 38.8 Å². The first-order valence-electron chi connectivity index (χ1n) is 17.4. The molecule has 5 heteroatoms. The van der Waals surface area contributed by atoms with Crippen LogP contribution in [0.15, 0.2) is 170 Å². The van der Waals surface area contributed by atoms with E-state index in [9.17, 15) is 0 Å². The van der Waals surface area contributed by atoms with E-state index in [0.29, 0.717) is 17.6 Å². The van der Waals surface area contributed by atoms with Crippen molar-refractivity contribution in [1.82, 2.24) is 19.5 Å². The lowest BCUT2D eigenvalue weighted by atomic mass is 9.80. The molecule has 1 unspecified atom stereocenters. The first kappa shape index (κ1) is 29.3. The zero-order valence-electron chi connectivity index (χ0n) is 28.1. The Bertz CT molecular complexity index is 2620. The Morgan fingerprint density at radius 1 is 0.549 bits per heavy atom. The van der Waals surface area contributed by atoms with Crippen LogP contribution in [0.4, 0.5) is 11.4 Å². The molecule has 8 aromatic rings. The zero-order valence-corrected chi connectivity index (χ0v) is 28.1. The van der Waals surface area contributed by atoms with Gasteiger partial charge in [0.05, 0.1) is 16.6 Å². The van der Waals surface area contributed by atoms with E-state index >= 15 is 0 Å². The van der Waals surface area contributed by atoms with Gasteiger partial charge in [0.25, 0.3) is 0 Å². The second kappa shape index (κ2) is 11.5. The number of anilines is 2. The van der Waals surface area contributed by atoms with Crippen molar-refractivity contribution in [3.05, 3.63) is 181 Å². The van der Waals surface area contributed by atoms with Crippen LogP contribution >= 0.6 is 0 Å². The maximum Gasteiger partial charge on any atom is 0.238 e. The summed E-state index contributed by atoms with van der Waals surface area (Å²) in [6.45, 7) is 2.37. The molecule has 10 rings (SSSR count). The van der Waals surface area contributed by atoms with Gasteiger partial charge < -0.3 is 4.90 Å². The van der Waals surface area contributed by atoms with E-state index in [0.717, 1.165) is 39.4 Å². The molecular weight excluding hydrogens is 623 g/mol. The molecule has 0 radical (unpaired) electrons. The van der Waals surface area contributed by atoms with E-state index in [2.05, 4.69) is 126 Å². The summed E-state index contributed by atoms with van der Waals surface area (Å²) in [5.74, 6) is 1.89. The van der Waals surface area contributed by atoms with Crippen molar-refractivity contribution in [3.8, 4) is 28.7 Å². The minimum atomic E-state index is -0.180. The highest BCUT2D eigenvalue weighted by molar-refractivity contribution is 6.10. The van der Waals surface area contributed by atoms with E-state index < -0.39 is 0 Å². The number of hydrogen-bond donors (Lipinski definition) is 0. The summed E-state index contributed by atoms with van der Waals surface area (Å²) >= 11 is 0. The predicted octanol–water partition coefficient (Wildman–Crippen LogP) is 11.1. The fraction of sp³-hybridized carbons (Fsp3) is 0.0652. The van der Waals surface area contributed by atoms with E-state index in [4.69, 9.17) is 15.0 Å². The van der Waals surface area contributed by atoms with Crippen LogP contribution in [-0.2, 0) is 0 Å². The smallest absolute Gasteiger partial charge is 0.238 e. The fourth-order valence-electron chi connectivity index (χ4n) is 8.00. The van der Waals surface area contributed by atoms with Gasteiger partial charge in [0.15, 0.2) is 11.6 Å². The van der Waals surface area contributed by atoms with Crippen LogP contribution in [0, 0.1) is 0 Å². The topological polar surface area (TPSA) is 46.8 Å². The summed E-state index contributed by atoms with van der Waals surface area (Å²) in [5.41, 5.74) is 11.4. The van der Waals surface area contributed by atoms with Gasteiger partial charge in [0.1, 0.15) is 0 Å². The SMILES string of the molecule is CC12CC=C(c3ccc4c(c3)c3ccccc3n4-c3nc(-c4ccccc4)nc(-c4ccccc4)n3)C=C1c1ccccc1N2c1ccccc1. The lowest BCUT2D eigenvalue weighted by Gasteiger charge is -2.39. The number of hydrogen-bond acceptors (Lipinski definition) is 4. The zero-order chi connectivity index (χ0) is 33.9. The Morgan fingerprint density at radius 3 is 1.88 bits per heavy atom. The third-order valence-electron chi connectivity index (χ3n) is 10.4. The van der Waals surface area contributed by atoms with Crippen molar-refractivity contribution in [2.75, 3.05) is 4.90 Å². The second-order valence-electron chi connectivity index (χ2n) is 13.5. The number of nitrogens with zero attached hydrogens (tertiary/aromatic N) is 5. The molecule has 3 heterocycles. The van der Waals surface area contributed by atoms with Crippen LogP contribution in [0.1, 0.15) is 24.5 Å². The molecule has 0 bridgehead atoms. The molecule has 242 valence electrons. The number of rotatable bonds is 5. The number of para-hydroxylation sites is 3. The van der Waals surface area contributed by atoms with Gasteiger partial charge in [-0.2, -0.15) is 9.97 Å². The molecule has 5 nitrogen and oxygen atoms in total. The first-order valence-corrected chi connectivity index (χ1v) is 17.4. The van der Waals surface area contributed by atoms with Crippen LogP contribution in [-0.4, -0.2) is 25.1 Å². The highest BCUT2D eigenvalue weighted by atomic mass is 15.2. The van der Waals surface area contributed by atoms with E-state index in [1.54, 1.807) is 0 Å². The van der Waals surface area contributed by atoms with E-state index in [1.165, 1.54) is 33.6 Å². The number of allylic oxidation sites excluding steroid dienone is 2. The molecule has 1 atom stereocenters. The Kier molecular flexibility index (Phi) is 6.61. The van der Waals surface area contributed by atoms with Gasteiger partial charge in [0.2, 0.25) is 5.95 Å². The van der Waals surface area contributed by atoms with Crippen molar-refractivity contribution < 1.29 is 0 Å². The van der Waals surface area contributed by atoms with Crippen molar-refractivity contribution in [3.63, 3.8) is 0 Å². The highest BCUT2D eigenvalue weighted by Crippen LogP contribution is 2.55. The summed E-state index contributed by atoms with van der Waals surface area (Å²) in [6, 6.07) is 55.2.